The lowest BCUT2D eigenvalue weighted by Gasteiger charge is -2.20. The first-order valence-corrected chi connectivity index (χ1v) is 6.67. The van der Waals surface area contributed by atoms with E-state index in [2.05, 4.69) is 10.2 Å². The van der Waals surface area contributed by atoms with Crippen molar-refractivity contribution in [3.8, 4) is 11.5 Å². The second-order valence-corrected chi connectivity index (χ2v) is 5.06. The molecule has 0 spiro atoms. The fraction of sp³-hybridized carbons (Fsp3) is 0.385. The van der Waals surface area contributed by atoms with Crippen molar-refractivity contribution in [1.29, 1.82) is 0 Å². The molecule has 1 unspecified atom stereocenters. The zero-order valence-electron chi connectivity index (χ0n) is 12.4. The molecule has 130 valence electrons. The molecule has 0 bridgehead atoms. The number of likely N-dealkylation sites (N-methyl/N-ethyl adjacent to an activating group) is 1. The lowest BCUT2D eigenvalue weighted by atomic mass is 10.2. The van der Waals surface area contributed by atoms with E-state index < -0.39 is 23.7 Å². The van der Waals surface area contributed by atoms with Crippen LogP contribution in [-0.2, 0) is 6.54 Å². The molecule has 2 aromatic rings. The Labute approximate surface area is 133 Å². The van der Waals surface area contributed by atoms with Crippen LogP contribution in [0.3, 0.4) is 0 Å². The number of halogens is 3. The first-order valence-electron chi connectivity index (χ1n) is 6.67. The Bertz CT molecular complexity index is 702. The number of non-ortho nitro benzene ring substituents is 1. The van der Waals surface area contributed by atoms with Gasteiger partial charge in [0.25, 0.3) is 5.69 Å². The first kappa shape index (κ1) is 17.8. The Kier molecular flexibility index (Phi) is 5.14. The predicted octanol–water partition coefficient (Wildman–Crippen LogP) is 2.00. The molecule has 1 heterocycles. The average molecular weight is 346 g/mol. The van der Waals surface area contributed by atoms with E-state index in [0.717, 1.165) is 0 Å². The minimum atomic E-state index is -4.70. The summed E-state index contributed by atoms with van der Waals surface area (Å²) in [7, 11) is 1.37. The number of aliphatic hydroxyl groups excluding tert-OH is 1. The van der Waals surface area contributed by atoms with Crippen LogP contribution in [0.1, 0.15) is 5.89 Å². The molecule has 0 amide bonds. The summed E-state index contributed by atoms with van der Waals surface area (Å²) in [5.41, 5.74) is 0.344. The fourth-order valence-corrected chi connectivity index (χ4v) is 1.85. The molecular weight excluding hydrogens is 333 g/mol. The zero-order valence-corrected chi connectivity index (χ0v) is 12.4. The molecule has 1 aromatic heterocycles. The SMILES string of the molecule is CN(Cc1nnc(-c2ccc([N+](=O)[O-])cc2)o1)CC(O)C(F)(F)F. The number of rotatable bonds is 6. The zero-order chi connectivity index (χ0) is 17.9. The minimum absolute atomic E-state index is 0.0558. The highest BCUT2D eigenvalue weighted by Crippen LogP contribution is 2.23. The van der Waals surface area contributed by atoms with Crippen LogP contribution in [0.25, 0.3) is 11.5 Å². The van der Waals surface area contributed by atoms with Gasteiger partial charge in [-0.1, -0.05) is 0 Å². The molecule has 0 fully saturated rings. The number of aliphatic hydroxyl groups is 1. The number of nitrogens with zero attached hydrogens (tertiary/aromatic N) is 4. The number of hydrogen-bond acceptors (Lipinski definition) is 7. The van der Waals surface area contributed by atoms with Crippen molar-refractivity contribution >= 4 is 5.69 Å². The maximum atomic E-state index is 12.3. The van der Waals surface area contributed by atoms with Crippen LogP contribution in [0, 0.1) is 10.1 Å². The third-order valence-electron chi connectivity index (χ3n) is 3.06. The van der Waals surface area contributed by atoms with E-state index in [1.165, 1.54) is 36.2 Å². The maximum absolute atomic E-state index is 12.3. The molecule has 0 radical (unpaired) electrons. The Morgan fingerprint density at radius 3 is 2.50 bits per heavy atom. The van der Waals surface area contributed by atoms with E-state index in [0.29, 0.717) is 5.56 Å². The summed E-state index contributed by atoms with van der Waals surface area (Å²) in [5.74, 6) is 0.143. The van der Waals surface area contributed by atoms with Gasteiger partial charge in [-0.2, -0.15) is 13.2 Å². The highest BCUT2D eigenvalue weighted by molar-refractivity contribution is 5.55. The van der Waals surface area contributed by atoms with Crippen LogP contribution in [0.2, 0.25) is 0 Å². The maximum Gasteiger partial charge on any atom is 0.415 e. The molecule has 8 nitrogen and oxygen atoms in total. The van der Waals surface area contributed by atoms with E-state index in [9.17, 15) is 23.3 Å². The smallest absolute Gasteiger partial charge is 0.415 e. The van der Waals surface area contributed by atoms with Gasteiger partial charge in [0.15, 0.2) is 6.10 Å². The Hall–Kier alpha value is -2.53. The van der Waals surface area contributed by atoms with Gasteiger partial charge in [0.05, 0.1) is 11.5 Å². The van der Waals surface area contributed by atoms with Gasteiger partial charge < -0.3 is 9.52 Å². The number of hydrogen-bond donors (Lipinski definition) is 1. The number of nitro benzene ring substituents is 1. The van der Waals surface area contributed by atoms with Crippen LogP contribution in [0.15, 0.2) is 28.7 Å². The summed E-state index contributed by atoms with van der Waals surface area (Å²) in [6, 6.07) is 5.38. The van der Waals surface area contributed by atoms with Crippen LogP contribution in [-0.4, -0.2) is 51.0 Å². The van der Waals surface area contributed by atoms with Gasteiger partial charge in [0, 0.05) is 24.2 Å². The molecule has 1 N–H and O–H groups in total. The first-order chi connectivity index (χ1) is 11.2. The number of nitro groups is 1. The van der Waals surface area contributed by atoms with Crippen molar-refractivity contribution in [2.45, 2.75) is 18.8 Å². The molecule has 0 saturated carbocycles. The quantitative estimate of drug-likeness (QED) is 0.630. The number of alkyl halides is 3. The molecule has 1 atom stereocenters. The largest absolute Gasteiger partial charge is 0.419 e. The van der Waals surface area contributed by atoms with Crippen molar-refractivity contribution in [3.63, 3.8) is 0 Å². The van der Waals surface area contributed by atoms with Crippen molar-refractivity contribution in [2.75, 3.05) is 13.6 Å². The molecule has 11 heteroatoms. The van der Waals surface area contributed by atoms with Crippen molar-refractivity contribution in [3.05, 3.63) is 40.3 Å². The van der Waals surface area contributed by atoms with Gasteiger partial charge in [0.2, 0.25) is 11.8 Å². The van der Waals surface area contributed by atoms with Crippen LogP contribution >= 0.6 is 0 Å². The van der Waals surface area contributed by atoms with Crippen LogP contribution in [0.5, 0.6) is 0 Å². The monoisotopic (exact) mass is 346 g/mol. The normalized spacial score (nSPS) is 13.2. The molecule has 0 aliphatic rings. The second kappa shape index (κ2) is 6.93. The van der Waals surface area contributed by atoms with Gasteiger partial charge in [0.1, 0.15) is 0 Å². The Morgan fingerprint density at radius 1 is 1.33 bits per heavy atom. The third kappa shape index (κ3) is 4.49. The van der Waals surface area contributed by atoms with Gasteiger partial charge in [-0.3, -0.25) is 15.0 Å². The highest BCUT2D eigenvalue weighted by atomic mass is 19.4. The summed E-state index contributed by atoms with van der Waals surface area (Å²) in [6.07, 6.45) is -7.17. The highest BCUT2D eigenvalue weighted by Gasteiger charge is 2.38. The molecule has 1 aromatic carbocycles. The topological polar surface area (TPSA) is 106 Å². The molecule has 24 heavy (non-hydrogen) atoms. The van der Waals surface area contributed by atoms with Gasteiger partial charge in [-0.05, 0) is 19.2 Å². The molecule has 0 aliphatic carbocycles. The fourth-order valence-electron chi connectivity index (χ4n) is 1.85. The van der Waals surface area contributed by atoms with Gasteiger partial charge in [-0.25, -0.2) is 0 Å². The second-order valence-electron chi connectivity index (χ2n) is 5.06. The van der Waals surface area contributed by atoms with E-state index in [1.54, 1.807) is 0 Å². The summed E-state index contributed by atoms with van der Waals surface area (Å²) in [5, 5.41) is 27.0. The van der Waals surface area contributed by atoms with Crippen LogP contribution in [0.4, 0.5) is 18.9 Å². The lowest BCUT2D eigenvalue weighted by Crippen LogP contribution is -2.39. The molecule has 0 saturated heterocycles. The summed E-state index contributed by atoms with van der Waals surface area (Å²) in [6.45, 7) is -0.730. The minimum Gasteiger partial charge on any atom is -0.419 e. The summed E-state index contributed by atoms with van der Waals surface area (Å²) >= 11 is 0. The van der Waals surface area contributed by atoms with Crippen LogP contribution < -0.4 is 0 Å². The van der Waals surface area contributed by atoms with Gasteiger partial charge in [-0.15, -0.1) is 10.2 Å². The Morgan fingerprint density at radius 2 is 1.96 bits per heavy atom. The van der Waals surface area contributed by atoms with Crippen molar-refractivity contribution in [2.24, 2.45) is 0 Å². The van der Waals surface area contributed by atoms with Crippen molar-refractivity contribution < 1.29 is 27.6 Å². The predicted molar refractivity (Wildman–Crippen MR) is 74.8 cm³/mol. The number of aromatic nitrogens is 2. The molecule has 2 rings (SSSR count). The average Bonchev–Trinajstić information content (AvgIpc) is 2.94. The third-order valence-corrected chi connectivity index (χ3v) is 3.06. The molecule has 0 aliphatic heterocycles. The van der Waals surface area contributed by atoms with E-state index in [-0.39, 0.29) is 24.0 Å². The van der Waals surface area contributed by atoms with Crippen molar-refractivity contribution in [1.82, 2.24) is 15.1 Å². The van der Waals surface area contributed by atoms with E-state index in [1.807, 2.05) is 0 Å². The molecular formula is C13H13F3N4O4. The number of benzene rings is 1. The Balaban J connectivity index is 2.01. The summed E-state index contributed by atoms with van der Waals surface area (Å²) in [4.78, 5) is 11.2. The lowest BCUT2D eigenvalue weighted by molar-refractivity contribution is -0.384. The summed E-state index contributed by atoms with van der Waals surface area (Å²) < 4.78 is 42.2. The van der Waals surface area contributed by atoms with E-state index in [4.69, 9.17) is 9.52 Å². The van der Waals surface area contributed by atoms with Gasteiger partial charge >= 0.3 is 6.18 Å². The van der Waals surface area contributed by atoms with E-state index >= 15 is 0 Å². The standard InChI is InChI=1S/C13H13F3N4O4/c1-19(6-10(21)13(14,15)16)7-11-17-18-12(24-11)8-2-4-9(5-3-8)20(22)23/h2-5,10,21H,6-7H2,1H3.